The third kappa shape index (κ3) is 2.25. The number of nitrogens with two attached hydrogens (primary N) is 1. The zero-order chi connectivity index (χ0) is 10.1. The second-order valence-corrected chi connectivity index (χ2v) is 5.85. The lowest BCUT2D eigenvalue weighted by atomic mass is 9.61. The Hall–Kier alpha value is -0.0400. The van der Waals surface area contributed by atoms with Crippen LogP contribution in [-0.2, 0) is 0 Å². The van der Waals surface area contributed by atoms with Crippen molar-refractivity contribution in [3.8, 4) is 0 Å². The lowest BCUT2D eigenvalue weighted by Gasteiger charge is -2.49. The van der Waals surface area contributed by atoms with E-state index in [1.807, 2.05) is 0 Å². The smallest absolute Gasteiger partial charge is 0.0208 e. The maximum atomic E-state index is 6.54. The van der Waals surface area contributed by atoms with Crippen LogP contribution in [0.1, 0.15) is 59.8 Å². The molecule has 1 atom stereocenters. The fourth-order valence-electron chi connectivity index (χ4n) is 2.70. The minimum atomic E-state index is 0.0966. The molecule has 0 radical (unpaired) electrons. The van der Waals surface area contributed by atoms with Crippen molar-refractivity contribution < 1.29 is 0 Å². The average Bonchev–Trinajstić information content (AvgIpc) is 1.94. The summed E-state index contributed by atoms with van der Waals surface area (Å²) in [5, 5.41) is 0. The van der Waals surface area contributed by atoms with Gasteiger partial charge in [0.1, 0.15) is 0 Å². The summed E-state index contributed by atoms with van der Waals surface area (Å²) < 4.78 is 0. The summed E-state index contributed by atoms with van der Waals surface area (Å²) in [4.78, 5) is 0. The Labute approximate surface area is 83.1 Å². The van der Waals surface area contributed by atoms with E-state index in [0.717, 1.165) is 5.92 Å². The van der Waals surface area contributed by atoms with Crippen molar-refractivity contribution in [3.63, 3.8) is 0 Å². The van der Waals surface area contributed by atoms with Crippen LogP contribution >= 0.6 is 0 Å². The van der Waals surface area contributed by atoms with E-state index in [1.54, 1.807) is 0 Å². The van der Waals surface area contributed by atoms with Gasteiger partial charge in [0.25, 0.3) is 0 Å². The molecule has 0 aromatic heterocycles. The van der Waals surface area contributed by atoms with Crippen LogP contribution in [0.15, 0.2) is 0 Å². The van der Waals surface area contributed by atoms with Crippen molar-refractivity contribution in [2.75, 3.05) is 0 Å². The van der Waals surface area contributed by atoms with Crippen LogP contribution < -0.4 is 5.73 Å². The van der Waals surface area contributed by atoms with Crippen LogP contribution in [0.2, 0.25) is 0 Å². The van der Waals surface area contributed by atoms with Gasteiger partial charge < -0.3 is 5.73 Å². The van der Waals surface area contributed by atoms with Crippen LogP contribution in [-0.4, -0.2) is 5.54 Å². The first-order chi connectivity index (χ1) is 5.87. The lowest BCUT2D eigenvalue weighted by Crippen LogP contribution is -2.55. The van der Waals surface area contributed by atoms with Gasteiger partial charge in [-0.15, -0.1) is 0 Å². The molecule has 78 valence electrons. The van der Waals surface area contributed by atoms with Gasteiger partial charge in [0.2, 0.25) is 0 Å². The van der Waals surface area contributed by atoms with Crippen LogP contribution in [0.3, 0.4) is 0 Å². The van der Waals surface area contributed by atoms with Crippen LogP contribution in [0, 0.1) is 11.3 Å². The highest BCUT2D eigenvalue weighted by atomic mass is 14.8. The van der Waals surface area contributed by atoms with E-state index in [-0.39, 0.29) is 5.54 Å². The second-order valence-electron chi connectivity index (χ2n) is 5.85. The third-order valence-corrected chi connectivity index (χ3v) is 3.80. The first-order valence-corrected chi connectivity index (χ1v) is 5.66. The Morgan fingerprint density at radius 1 is 1.15 bits per heavy atom. The van der Waals surface area contributed by atoms with Crippen molar-refractivity contribution in [2.24, 2.45) is 17.1 Å². The zero-order valence-corrected chi connectivity index (χ0v) is 9.69. The van der Waals surface area contributed by atoms with Gasteiger partial charge in [-0.1, -0.05) is 40.5 Å². The first-order valence-electron chi connectivity index (χ1n) is 5.66. The Kier molecular flexibility index (Phi) is 3.06. The molecule has 0 saturated heterocycles. The van der Waals surface area contributed by atoms with Crippen molar-refractivity contribution >= 4 is 0 Å². The summed E-state index contributed by atoms with van der Waals surface area (Å²) in [5.74, 6) is 0.724. The topological polar surface area (TPSA) is 26.0 Å². The summed E-state index contributed by atoms with van der Waals surface area (Å²) in [7, 11) is 0. The van der Waals surface area contributed by atoms with Gasteiger partial charge in [0.15, 0.2) is 0 Å². The number of hydrogen-bond donors (Lipinski definition) is 1. The van der Waals surface area contributed by atoms with Gasteiger partial charge in [0, 0.05) is 5.54 Å². The Morgan fingerprint density at radius 2 is 1.69 bits per heavy atom. The monoisotopic (exact) mass is 183 g/mol. The van der Waals surface area contributed by atoms with E-state index in [1.165, 1.54) is 32.1 Å². The maximum Gasteiger partial charge on any atom is 0.0208 e. The molecule has 13 heavy (non-hydrogen) atoms. The molecule has 0 bridgehead atoms. The van der Waals surface area contributed by atoms with E-state index in [0.29, 0.717) is 5.41 Å². The predicted octanol–water partition coefficient (Wildman–Crippen LogP) is 3.33. The van der Waals surface area contributed by atoms with E-state index in [2.05, 4.69) is 27.7 Å². The lowest BCUT2D eigenvalue weighted by molar-refractivity contribution is 0.0789. The van der Waals surface area contributed by atoms with E-state index in [4.69, 9.17) is 5.73 Å². The molecular formula is C12H25N. The highest BCUT2D eigenvalue weighted by molar-refractivity contribution is 5.00. The molecule has 1 rings (SSSR count). The van der Waals surface area contributed by atoms with E-state index in [9.17, 15) is 0 Å². The molecule has 1 aliphatic rings. The van der Waals surface area contributed by atoms with Gasteiger partial charge in [-0.25, -0.2) is 0 Å². The van der Waals surface area contributed by atoms with E-state index < -0.39 is 0 Å². The molecule has 0 aromatic carbocycles. The minimum Gasteiger partial charge on any atom is -0.325 e. The molecule has 1 fully saturated rings. The van der Waals surface area contributed by atoms with Crippen LogP contribution in [0.25, 0.3) is 0 Å². The van der Waals surface area contributed by atoms with Crippen molar-refractivity contribution in [2.45, 2.75) is 65.3 Å². The Morgan fingerprint density at radius 3 is 2.15 bits per heavy atom. The molecular weight excluding hydrogens is 158 g/mol. The number of rotatable bonds is 2. The van der Waals surface area contributed by atoms with Gasteiger partial charge in [0.05, 0.1) is 0 Å². The molecule has 0 amide bonds. The van der Waals surface area contributed by atoms with Crippen molar-refractivity contribution in [1.82, 2.24) is 0 Å². The summed E-state index contributed by atoms with van der Waals surface area (Å²) in [6.07, 6.45) is 6.39. The van der Waals surface area contributed by atoms with Gasteiger partial charge in [-0.05, 0) is 30.6 Å². The number of hydrogen-bond acceptors (Lipinski definition) is 1. The molecule has 2 N–H and O–H groups in total. The standard InChI is InChI=1S/C12H25N/c1-10(2)9-12(13)8-6-5-7-11(12,3)4/h10H,5-9,13H2,1-4H3. The molecule has 1 heteroatoms. The molecule has 1 aliphatic carbocycles. The van der Waals surface area contributed by atoms with Gasteiger partial charge >= 0.3 is 0 Å². The summed E-state index contributed by atoms with van der Waals surface area (Å²) in [5.41, 5.74) is 6.98. The largest absolute Gasteiger partial charge is 0.325 e. The average molecular weight is 183 g/mol. The highest BCUT2D eigenvalue weighted by Gasteiger charge is 2.43. The molecule has 0 spiro atoms. The minimum absolute atomic E-state index is 0.0966. The van der Waals surface area contributed by atoms with E-state index >= 15 is 0 Å². The second kappa shape index (κ2) is 3.61. The molecule has 1 unspecified atom stereocenters. The van der Waals surface area contributed by atoms with Gasteiger partial charge in [-0.3, -0.25) is 0 Å². The molecule has 0 heterocycles. The maximum absolute atomic E-state index is 6.54. The van der Waals surface area contributed by atoms with Crippen LogP contribution in [0.5, 0.6) is 0 Å². The molecule has 0 aliphatic heterocycles. The summed E-state index contributed by atoms with van der Waals surface area (Å²) in [6.45, 7) is 9.24. The zero-order valence-electron chi connectivity index (χ0n) is 9.69. The highest BCUT2D eigenvalue weighted by Crippen LogP contribution is 2.45. The third-order valence-electron chi connectivity index (χ3n) is 3.80. The van der Waals surface area contributed by atoms with Crippen molar-refractivity contribution in [3.05, 3.63) is 0 Å². The molecule has 0 aromatic rings. The SMILES string of the molecule is CC(C)CC1(N)CCCCC1(C)C. The summed E-state index contributed by atoms with van der Waals surface area (Å²) >= 11 is 0. The first kappa shape index (κ1) is 11.0. The molecule has 1 nitrogen and oxygen atoms in total. The fraction of sp³-hybridized carbons (Fsp3) is 1.00. The Bertz CT molecular complexity index is 172. The van der Waals surface area contributed by atoms with Crippen molar-refractivity contribution in [1.29, 1.82) is 0 Å². The normalized spacial score (nSPS) is 33.7. The fourth-order valence-corrected chi connectivity index (χ4v) is 2.70. The molecule has 1 saturated carbocycles. The summed E-state index contributed by atoms with van der Waals surface area (Å²) in [6, 6.07) is 0. The van der Waals surface area contributed by atoms with Gasteiger partial charge in [-0.2, -0.15) is 0 Å². The quantitative estimate of drug-likeness (QED) is 0.698. The van der Waals surface area contributed by atoms with Crippen LogP contribution in [0.4, 0.5) is 0 Å². The Balaban J connectivity index is 2.72. The predicted molar refractivity (Wildman–Crippen MR) is 58.6 cm³/mol.